The van der Waals surface area contributed by atoms with Crippen molar-refractivity contribution < 1.29 is 42.4 Å². The Morgan fingerprint density at radius 2 is 1.65 bits per heavy atom. The number of carbonyl (C=O) groups excluding carboxylic acids is 2. The van der Waals surface area contributed by atoms with E-state index < -0.39 is 30.3 Å². The number of nitrogens with zero attached hydrogens (tertiary/aromatic N) is 2. The predicted molar refractivity (Wildman–Crippen MR) is 149 cm³/mol. The minimum Gasteiger partial charge on any atom is -0.392 e. The summed E-state index contributed by atoms with van der Waals surface area (Å²) in [6.07, 6.45) is -5.26. The van der Waals surface area contributed by atoms with Crippen molar-refractivity contribution in [2.24, 2.45) is 5.92 Å². The summed E-state index contributed by atoms with van der Waals surface area (Å²) in [5.74, 6) is -2.60. The van der Waals surface area contributed by atoms with Gasteiger partial charge in [0.15, 0.2) is 6.29 Å². The predicted octanol–water partition coefficient (Wildman–Crippen LogP) is 3.21. The van der Waals surface area contributed by atoms with Crippen LogP contribution in [0, 0.1) is 5.92 Å². The number of hydrogen-bond donors (Lipinski definition) is 3. The normalized spacial score (nSPS) is 28.3. The van der Waals surface area contributed by atoms with E-state index in [0.717, 1.165) is 35.2 Å². The summed E-state index contributed by atoms with van der Waals surface area (Å²) in [4.78, 5) is 27.2. The minimum atomic E-state index is -5.02. The molecule has 3 heterocycles. The second-order valence-electron chi connectivity index (χ2n) is 11.6. The van der Waals surface area contributed by atoms with E-state index in [1.807, 2.05) is 36.4 Å². The van der Waals surface area contributed by atoms with Crippen molar-refractivity contribution in [3.8, 4) is 0 Å². The molecule has 0 radical (unpaired) electrons. The molecule has 0 aromatic heterocycles. The van der Waals surface area contributed by atoms with Gasteiger partial charge in [0.25, 0.3) is 0 Å². The number of aliphatic hydroxyl groups is 2. The van der Waals surface area contributed by atoms with Crippen LogP contribution in [0.25, 0.3) is 0 Å². The molecule has 3 aliphatic heterocycles. The van der Waals surface area contributed by atoms with Crippen LogP contribution in [0.3, 0.4) is 0 Å². The van der Waals surface area contributed by atoms with E-state index >= 15 is 0 Å². The maximum atomic E-state index is 12.9. The van der Waals surface area contributed by atoms with Crippen molar-refractivity contribution in [1.82, 2.24) is 15.1 Å². The minimum absolute atomic E-state index is 0.00263. The number of halogens is 3. The Morgan fingerprint density at radius 3 is 2.28 bits per heavy atom. The Balaban J connectivity index is 1.25. The molecule has 3 saturated heterocycles. The quantitative estimate of drug-likeness (QED) is 0.424. The summed E-state index contributed by atoms with van der Waals surface area (Å²) in [5.41, 5.74) is 3.27. The molecule has 0 bridgehead atoms. The van der Waals surface area contributed by atoms with Gasteiger partial charge in [-0.3, -0.25) is 14.5 Å². The first-order chi connectivity index (χ1) is 20.5. The van der Waals surface area contributed by atoms with E-state index in [-0.39, 0.29) is 50.3 Å². The van der Waals surface area contributed by atoms with Gasteiger partial charge in [0.05, 0.1) is 24.9 Å². The maximum Gasteiger partial charge on any atom is 0.471 e. The van der Waals surface area contributed by atoms with Gasteiger partial charge in [0.2, 0.25) is 5.91 Å². The highest BCUT2D eigenvalue weighted by atomic mass is 19.4. The molecule has 3 aliphatic rings. The molecule has 3 N–H and O–H groups in total. The van der Waals surface area contributed by atoms with Crippen molar-refractivity contribution >= 4 is 11.8 Å². The molecule has 234 valence electrons. The van der Waals surface area contributed by atoms with Gasteiger partial charge in [-0.05, 0) is 36.0 Å². The Labute approximate surface area is 248 Å². The standard InChI is InChI=1S/C31H38F3N3O6/c1-19-26(17-36-14-12-24(39)16-36)42-29(43-27(19)22-8-6-21(18-38)7-9-22)23-10-4-20(5-11-23)15-35-28(40)25-3-2-13-37(25)30(41)31(32,33)34/h4-11,19,24-27,29,38-39H,2-3,12-18H2,1H3,(H,35,40)/t19-,24+,25+,26+,27+,29+/m1/s1. The lowest BCUT2D eigenvalue weighted by molar-refractivity contribution is -0.276. The number of ether oxygens (including phenoxy) is 2. The summed E-state index contributed by atoms with van der Waals surface area (Å²) in [6, 6.07) is 13.8. The number of carbonyl (C=O) groups is 2. The van der Waals surface area contributed by atoms with E-state index in [9.17, 15) is 33.0 Å². The first kappa shape index (κ1) is 31.4. The fraction of sp³-hybridized carbons (Fsp3) is 0.548. The number of nitrogens with one attached hydrogen (secondary N) is 1. The topological polar surface area (TPSA) is 112 Å². The van der Waals surface area contributed by atoms with Gasteiger partial charge in [-0.2, -0.15) is 13.2 Å². The van der Waals surface area contributed by atoms with Crippen molar-refractivity contribution in [3.05, 3.63) is 70.8 Å². The summed E-state index contributed by atoms with van der Waals surface area (Å²) >= 11 is 0. The largest absolute Gasteiger partial charge is 0.471 e. The van der Waals surface area contributed by atoms with Gasteiger partial charge in [0, 0.05) is 44.2 Å². The lowest BCUT2D eigenvalue weighted by Crippen LogP contribution is -2.50. The highest BCUT2D eigenvalue weighted by molar-refractivity contribution is 5.90. The third-order valence-electron chi connectivity index (χ3n) is 8.59. The third-order valence-corrected chi connectivity index (χ3v) is 8.59. The van der Waals surface area contributed by atoms with Crippen molar-refractivity contribution in [1.29, 1.82) is 0 Å². The number of aliphatic hydroxyl groups excluding tert-OH is 2. The molecule has 12 heteroatoms. The maximum absolute atomic E-state index is 12.9. The van der Waals surface area contributed by atoms with E-state index in [4.69, 9.17) is 9.47 Å². The number of likely N-dealkylation sites (tertiary alicyclic amines) is 2. The van der Waals surface area contributed by atoms with Crippen molar-refractivity contribution in [2.45, 2.75) is 76.2 Å². The fourth-order valence-corrected chi connectivity index (χ4v) is 6.11. The average Bonchev–Trinajstić information content (AvgIpc) is 3.65. The molecule has 0 spiro atoms. The molecule has 0 aliphatic carbocycles. The Hall–Kier alpha value is -3.03. The zero-order valence-corrected chi connectivity index (χ0v) is 24.0. The van der Waals surface area contributed by atoms with E-state index in [0.29, 0.717) is 24.4 Å². The van der Waals surface area contributed by atoms with Crippen LogP contribution in [0.2, 0.25) is 0 Å². The lowest BCUT2D eigenvalue weighted by atomic mass is 9.90. The Bertz CT molecular complexity index is 1260. The molecular weight excluding hydrogens is 567 g/mol. The molecule has 6 atom stereocenters. The van der Waals surface area contributed by atoms with Crippen LogP contribution in [0.5, 0.6) is 0 Å². The summed E-state index contributed by atoms with van der Waals surface area (Å²) in [5, 5.41) is 22.1. The number of rotatable bonds is 8. The van der Waals surface area contributed by atoms with Crippen LogP contribution in [0.15, 0.2) is 48.5 Å². The molecule has 0 unspecified atom stereocenters. The van der Waals surface area contributed by atoms with Crippen LogP contribution in [-0.2, 0) is 32.2 Å². The Morgan fingerprint density at radius 1 is 0.977 bits per heavy atom. The van der Waals surface area contributed by atoms with Gasteiger partial charge in [-0.15, -0.1) is 0 Å². The fourth-order valence-electron chi connectivity index (χ4n) is 6.11. The zero-order chi connectivity index (χ0) is 30.7. The highest BCUT2D eigenvalue weighted by Gasteiger charge is 2.47. The number of hydrogen-bond acceptors (Lipinski definition) is 7. The monoisotopic (exact) mass is 605 g/mol. The molecule has 2 aromatic carbocycles. The zero-order valence-electron chi connectivity index (χ0n) is 24.0. The summed E-state index contributed by atoms with van der Waals surface area (Å²) in [7, 11) is 0. The summed E-state index contributed by atoms with van der Waals surface area (Å²) < 4.78 is 51.7. The molecule has 0 saturated carbocycles. The first-order valence-electron chi connectivity index (χ1n) is 14.7. The summed E-state index contributed by atoms with van der Waals surface area (Å²) in [6.45, 7) is 4.05. The number of β-amino-alcohol motifs (C(OH)–C–C–N with tert-alkyl or cyclic N) is 1. The molecular formula is C31H38F3N3O6. The Kier molecular flexibility index (Phi) is 9.72. The lowest BCUT2D eigenvalue weighted by Gasteiger charge is -2.42. The molecule has 3 fully saturated rings. The molecule has 2 amide bonds. The second kappa shape index (κ2) is 13.3. The van der Waals surface area contributed by atoms with Gasteiger partial charge in [0.1, 0.15) is 6.04 Å². The average molecular weight is 606 g/mol. The third kappa shape index (κ3) is 7.38. The SMILES string of the molecule is C[C@@H]1[C@H](CN2CC[C@H](O)C2)O[C@H](c2ccc(CNC(=O)[C@@H]3CCCN3C(=O)C(F)(F)F)cc2)O[C@@H]1c1ccc(CO)cc1. The van der Waals surface area contributed by atoms with Crippen LogP contribution >= 0.6 is 0 Å². The van der Waals surface area contributed by atoms with Gasteiger partial charge < -0.3 is 29.9 Å². The van der Waals surface area contributed by atoms with Crippen LogP contribution in [-0.4, -0.2) is 82.4 Å². The molecule has 9 nitrogen and oxygen atoms in total. The first-order valence-corrected chi connectivity index (χ1v) is 14.7. The molecule has 5 rings (SSSR count). The van der Waals surface area contributed by atoms with E-state index in [1.165, 1.54) is 0 Å². The molecule has 2 aromatic rings. The van der Waals surface area contributed by atoms with E-state index in [2.05, 4.69) is 17.1 Å². The molecule has 43 heavy (non-hydrogen) atoms. The highest BCUT2D eigenvalue weighted by Crippen LogP contribution is 2.42. The van der Waals surface area contributed by atoms with Crippen molar-refractivity contribution in [2.75, 3.05) is 26.2 Å². The number of amides is 2. The van der Waals surface area contributed by atoms with Gasteiger partial charge >= 0.3 is 12.1 Å². The van der Waals surface area contributed by atoms with Crippen LogP contribution < -0.4 is 5.32 Å². The van der Waals surface area contributed by atoms with Crippen LogP contribution in [0.4, 0.5) is 13.2 Å². The van der Waals surface area contributed by atoms with E-state index in [1.54, 1.807) is 12.1 Å². The number of benzene rings is 2. The van der Waals surface area contributed by atoms with Crippen molar-refractivity contribution in [3.63, 3.8) is 0 Å². The second-order valence-corrected chi connectivity index (χ2v) is 11.6. The van der Waals surface area contributed by atoms with Crippen LogP contribution in [0.1, 0.15) is 60.8 Å². The van der Waals surface area contributed by atoms with Gasteiger partial charge in [-0.25, -0.2) is 0 Å². The number of alkyl halides is 3. The smallest absolute Gasteiger partial charge is 0.392 e. The van der Waals surface area contributed by atoms with Gasteiger partial charge in [-0.1, -0.05) is 55.5 Å².